The molecule has 2 rings (SSSR count). The van der Waals surface area contributed by atoms with Crippen LogP contribution in [0.3, 0.4) is 0 Å². The van der Waals surface area contributed by atoms with E-state index in [1.54, 1.807) is 36.2 Å². The number of nitrogens with zero attached hydrogens (tertiary/aromatic N) is 1. The van der Waals surface area contributed by atoms with Crippen molar-refractivity contribution in [3.8, 4) is 11.1 Å². The molecule has 0 aliphatic carbocycles. The molecule has 0 fully saturated rings. The topological polar surface area (TPSA) is 46.6 Å². The van der Waals surface area contributed by atoms with Gasteiger partial charge in [-0.3, -0.25) is 4.79 Å². The fourth-order valence-corrected chi connectivity index (χ4v) is 2.49. The van der Waals surface area contributed by atoms with E-state index in [2.05, 4.69) is 4.74 Å². The third-order valence-electron chi connectivity index (χ3n) is 3.72. The van der Waals surface area contributed by atoms with Gasteiger partial charge in [-0.1, -0.05) is 37.3 Å². The van der Waals surface area contributed by atoms with E-state index in [1.165, 1.54) is 19.2 Å². The van der Waals surface area contributed by atoms with Crippen LogP contribution in [0.5, 0.6) is 0 Å². The van der Waals surface area contributed by atoms with E-state index < -0.39 is 11.8 Å². The van der Waals surface area contributed by atoms with Crippen LogP contribution in [0.25, 0.3) is 11.1 Å². The smallest absolute Gasteiger partial charge is 0.340 e. The lowest BCUT2D eigenvalue weighted by atomic mass is 9.98. The Hall–Kier alpha value is -2.69. The van der Waals surface area contributed by atoms with Gasteiger partial charge in [0.2, 0.25) is 0 Å². The summed E-state index contributed by atoms with van der Waals surface area (Å²) in [6.07, 6.45) is 0.804. The highest BCUT2D eigenvalue weighted by Crippen LogP contribution is 2.27. The van der Waals surface area contributed by atoms with Crippen LogP contribution in [0.4, 0.5) is 4.39 Å². The first-order valence-electron chi connectivity index (χ1n) is 7.72. The van der Waals surface area contributed by atoms with Crippen molar-refractivity contribution in [3.05, 3.63) is 59.4 Å². The molecule has 0 N–H and O–H groups in total. The predicted octanol–water partition coefficient (Wildman–Crippen LogP) is 3.76. The molecule has 2 aromatic rings. The SMILES string of the molecule is CCCN(C)C(=O)c1cc(C(=O)OC)c(F)c(-c2ccccc2)c1. The Labute approximate surface area is 140 Å². The Bertz CT molecular complexity index is 744. The number of rotatable bonds is 5. The second kappa shape index (κ2) is 7.73. The minimum Gasteiger partial charge on any atom is -0.465 e. The third-order valence-corrected chi connectivity index (χ3v) is 3.72. The van der Waals surface area contributed by atoms with Crippen LogP contribution in [0, 0.1) is 5.82 Å². The Morgan fingerprint density at radius 1 is 1.17 bits per heavy atom. The second-order valence-electron chi connectivity index (χ2n) is 5.47. The van der Waals surface area contributed by atoms with Crippen LogP contribution in [0.1, 0.15) is 34.1 Å². The molecule has 2 aromatic carbocycles. The Kier molecular flexibility index (Phi) is 5.68. The molecule has 0 atom stereocenters. The monoisotopic (exact) mass is 329 g/mol. The summed E-state index contributed by atoms with van der Waals surface area (Å²) in [5.41, 5.74) is 0.804. The summed E-state index contributed by atoms with van der Waals surface area (Å²) in [5, 5.41) is 0. The lowest BCUT2D eigenvalue weighted by Crippen LogP contribution is -2.27. The van der Waals surface area contributed by atoms with Crippen LogP contribution in [0.2, 0.25) is 0 Å². The van der Waals surface area contributed by atoms with Crippen LogP contribution in [-0.2, 0) is 4.74 Å². The number of hydrogen-bond donors (Lipinski definition) is 0. The molecule has 5 heteroatoms. The van der Waals surface area contributed by atoms with Crippen molar-refractivity contribution in [1.82, 2.24) is 4.90 Å². The molecular weight excluding hydrogens is 309 g/mol. The first-order valence-corrected chi connectivity index (χ1v) is 7.72. The maximum Gasteiger partial charge on any atom is 0.340 e. The summed E-state index contributed by atoms with van der Waals surface area (Å²) in [6, 6.07) is 11.5. The van der Waals surface area contributed by atoms with Gasteiger partial charge in [-0.05, 0) is 24.1 Å². The average Bonchev–Trinajstić information content (AvgIpc) is 2.61. The van der Waals surface area contributed by atoms with E-state index in [0.717, 1.165) is 6.42 Å². The number of esters is 1. The van der Waals surface area contributed by atoms with Crippen molar-refractivity contribution in [2.75, 3.05) is 20.7 Å². The molecule has 0 radical (unpaired) electrons. The molecule has 0 bridgehead atoms. The van der Waals surface area contributed by atoms with Crippen LogP contribution < -0.4 is 0 Å². The minimum atomic E-state index is -0.808. The summed E-state index contributed by atoms with van der Waals surface area (Å²) in [6.45, 7) is 2.54. The van der Waals surface area contributed by atoms with Gasteiger partial charge in [0, 0.05) is 24.7 Å². The molecule has 0 spiro atoms. The van der Waals surface area contributed by atoms with E-state index in [-0.39, 0.29) is 22.6 Å². The molecule has 0 aliphatic heterocycles. The lowest BCUT2D eigenvalue weighted by Gasteiger charge is -2.18. The van der Waals surface area contributed by atoms with Gasteiger partial charge in [0.25, 0.3) is 5.91 Å². The van der Waals surface area contributed by atoms with Crippen molar-refractivity contribution in [3.63, 3.8) is 0 Å². The van der Waals surface area contributed by atoms with Gasteiger partial charge in [0.05, 0.1) is 12.7 Å². The molecule has 0 aliphatic rings. The van der Waals surface area contributed by atoms with Gasteiger partial charge >= 0.3 is 5.97 Å². The zero-order chi connectivity index (χ0) is 17.7. The van der Waals surface area contributed by atoms with Gasteiger partial charge in [-0.15, -0.1) is 0 Å². The first-order chi connectivity index (χ1) is 11.5. The lowest BCUT2D eigenvalue weighted by molar-refractivity contribution is 0.0595. The largest absolute Gasteiger partial charge is 0.465 e. The molecule has 1 amide bonds. The molecule has 0 saturated heterocycles. The van der Waals surface area contributed by atoms with Gasteiger partial charge in [-0.25, -0.2) is 9.18 Å². The molecule has 0 unspecified atom stereocenters. The van der Waals surface area contributed by atoms with Crippen molar-refractivity contribution in [2.24, 2.45) is 0 Å². The van der Waals surface area contributed by atoms with Gasteiger partial charge in [0.1, 0.15) is 5.82 Å². The fourth-order valence-electron chi connectivity index (χ4n) is 2.49. The Balaban J connectivity index is 2.61. The van der Waals surface area contributed by atoms with Gasteiger partial charge in [0.15, 0.2) is 0 Å². The van der Waals surface area contributed by atoms with Crippen LogP contribution >= 0.6 is 0 Å². The third kappa shape index (κ3) is 3.62. The van der Waals surface area contributed by atoms with Crippen molar-refractivity contribution < 1.29 is 18.7 Å². The zero-order valence-corrected chi connectivity index (χ0v) is 14.0. The second-order valence-corrected chi connectivity index (χ2v) is 5.47. The highest BCUT2D eigenvalue weighted by Gasteiger charge is 2.22. The fraction of sp³-hybridized carbons (Fsp3) is 0.263. The van der Waals surface area contributed by atoms with E-state index in [9.17, 15) is 14.0 Å². The van der Waals surface area contributed by atoms with E-state index in [4.69, 9.17) is 0 Å². The van der Waals surface area contributed by atoms with Crippen LogP contribution in [0.15, 0.2) is 42.5 Å². The van der Waals surface area contributed by atoms with Crippen LogP contribution in [-0.4, -0.2) is 37.5 Å². The number of carbonyl (C=O) groups is 2. The number of hydrogen-bond acceptors (Lipinski definition) is 3. The Morgan fingerprint density at radius 2 is 1.83 bits per heavy atom. The van der Waals surface area contributed by atoms with Gasteiger partial charge < -0.3 is 9.64 Å². The van der Waals surface area contributed by atoms with Crippen molar-refractivity contribution in [1.29, 1.82) is 0 Å². The molecule has 4 nitrogen and oxygen atoms in total. The summed E-state index contributed by atoms with van der Waals surface area (Å²) in [5.74, 6) is -1.76. The highest BCUT2D eigenvalue weighted by molar-refractivity contribution is 6.00. The maximum absolute atomic E-state index is 14.8. The molecule has 0 heterocycles. The highest BCUT2D eigenvalue weighted by atomic mass is 19.1. The zero-order valence-electron chi connectivity index (χ0n) is 14.0. The molecule has 0 saturated carbocycles. The minimum absolute atomic E-state index is 0.201. The average molecular weight is 329 g/mol. The number of carbonyl (C=O) groups excluding carboxylic acids is 2. The summed E-state index contributed by atoms with van der Waals surface area (Å²) in [4.78, 5) is 26.0. The normalized spacial score (nSPS) is 10.3. The number of amides is 1. The van der Waals surface area contributed by atoms with E-state index in [0.29, 0.717) is 12.1 Å². The molecular formula is C19H20FNO3. The first kappa shape index (κ1) is 17.7. The summed E-state index contributed by atoms with van der Waals surface area (Å²) >= 11 is 0. The summed E-state index contributed by atoms with van der Waals surface area (Å²) < 4.78 is 19.4. The van der Waals surface area contributed by atoms with Gasteiger partial charge in [-0.2, -0.15) is 0 Å². The number of methoxy groups -OCH3 is 1. The predicted molar refractivity (Wildman–Crippen MR) is 90.4 cm³/mol. The summed E-state index contributed by atoms with van der Waals surface area (Å²) in [7, 11) is 2.86. The molecule has 0 aromatic heterocycles. The Morgan fingerprint density at radius 3 is 2.42 bits per heavy atom. The standard InChI is InChI=1S/C19H20FNO3/c1-4-10-21(2)18(22)14-11-15(13-8-6-5-7-9-13)17(20)16(12-14)19(23)24-3/h5-9,11-12H,4,10H2,1-3H3. The van der Waals surface area contributed by atoms with Crippen molar-refractivity contribution >= 4 is 11.9 Å². The maximum atomic E-state index is 14.8. The number of benzene rings is 2. The van der Waals surface area contributed by atoms with Crippen molar-refractivity contribution in [2.45, 2.75) is 13.3 Å². The molecule has 126 valence electrons. The number of halogens is 1. The van der Waals surface area contributed by atoms with E-state index in [1.807, 2.05) is 13.0 Å². The number of ether oxygens (including phenoxy) is 1. The molecule has 24 heavy (non-hydrogen) atoms. The quantitative estimate of drug-likeness (QED) is 0.785. The van der Waals surface area contributed by atoms with E-state index >= 15 is 0 Å².